The third-order valence-corrected chi connectivity index (χ3v) is 5.49. The number of para-hydroxylation sites is 2. The predicted octanol–water partition coefficient (Wildman–Crippen LogP) is 6.12. The van der Waals surface area contributed by atoms with Crippen LogP contribution in [0.5, 0.6) is 0 Å². The highest BCUT2D eigenvalue weighted by Gasteiger charge is 2.18. The molecular weight excluding hydrogens is 443 g/mol. The Morgan fingerprint density at radius 1 is 0.969 bits per heavy atom. The summed E-state index contributed by atoms with van der Waals surface area (Å²) in [6, 6.07) is 26.0. The van der Waals surface area contributed by atoms with Crippen LogP contribution in [0.15, 0.2) is 91.1 Å². The maximum Gasteiger partial charge on any atom is 0.173 e. The van der Waals surface area contributed by atoms with E-state index >= 15 is 0 Å². The first-order valence-electron chi connectivity index (χ1n) is 10.2. The molecule has 0 aliphatic heterocycles. The molecule has 4 nitrogen and oxygen atoms in total. The maximum atomic E-state index is 13.5. The Bertz CT molecular complexity index is 1160. The van der Waals surface area contributed by atoms with Crippen LogP contribution in [-0.4, -0.2) is 32.2 Å². The first kappa shape index (κ1) is 22.0. The predicted molar refractivity (Wildman–Crippen MR) is 133 cm³/mol. The molecule has 162 valence electrons. The molecule has 4 aromatic rings. The van der Waals surface area contributed by atoms with Crippen LogP contribution in [0.4, 0.5) is 10.1 Å². The van der Waals surface area contributed by atoms with Gasteiger partial charge in [0.05, 0.1) is 11.4 Å². The van der Waals surface area contributed by atoms with Crippen molar-refractivity contribution in [3.8, 4) is 16.9 Å². The lowest BCUT2D eigenvalue weighted by molar-refractivity contribution is 0.445. The highest BCUT2D eigenvalue weighted by atomic mass is 35.5. The maximum absolute atomic E-state index is 13.5. The summed E-state index contributed by atoms with van der Waals surface area (Å²) in [6.07, 6.45) is 1.99. The van der Waals surface area contributed by atoms with E-state index in [1.54, 1.807) is 12.1 Å². The highest BCUT2D eigenvalue weighted by Crippen LogP contribution is 2.26. The third-order valence-electron chi connectivity index (χ3n) is 4.96. The fourth-order valence-corrected chi connectivity index (χ4v) is 3.85. The van der Waals surface area contributed by atoms with Gasteiger partial charge in [-0.1, -0.05) is 36.4 Å². The summed E-state index contributed by atoms with van der Waals surface area (Å²) in [7, 11) is 0. The van der Waals surface area contributed by atoms with Gasteiger partial charge < -0.3 is 10.2 Å². The average Bonchev–Trinajstić information content (AvgIpc) is 3.24. The molecule has 0 aliphatic carbocycles. The van der Waals surface area contributed by atoms with Crippen molar-refractivity contribution in [1.29, 1.82) is 0 Å². The quantitative estimate of drug-likeness (QED) is 0.264. The summed E-state index contributed by atoms with van der Waals surface area (Å²) in [6.45, 7) is 1.07. The van der Waals surface area contributed by atoms with Crippen LogP contribution < -0.4 is 5.32 Å². The van der Waals surface area contributed by atoms with Gasteiger partial charge in [-0.3, -0.25) is 0 Å². The van der Waals surface area contributed by atoms with E-state index in [-0.39, 0.29) is 5.82 Å². The summed E-state index contributed by atoms with van der Waals surface area (Å²) in [5, 5.41) is 8.66. The lowest BCUT2D eigenvalue weighted by Crippen LogP contribution is -2.35. The summed E-state index contributed by atoms with van der Waals surface area (Å²) >= 11 is 11.8. The van der Waals surface area contributed by atoms with Crippen molar-refractivity contribution in [3.63, 3.8) is 0 Å². The number of benzene rings is 3. The first-order valence-corrected chi connectivity index (χ1v) is 11.1. The molecule has 0 aliphatic rings. The van der Waals surface area contributed by atoms with Crippen LogP contribution in [0.3, 0.4) is 0 Å². The largest absolute Gasteiger partial charge is 0.343 e. The number of nitrogens with zero attached hydrogens (tertiary/aromatic N) is 3. The summed E-state index contributed by atoms with van der Waals surface area (Å²) < 4.78 is 15.4. The standard InChI is InChI=1S/C25H22ClFN4S/c26-15-16-30(25(32)28-22-7-3-1-4-8-22)17-20-18-31(23-9-5-2-6-10-23)29-24(20)19-11-13-21(27)14-12-19/h1-14,18H,15-17H2,(H,28,32). The van der Waals surface area contributed by atoms with Gasteiger partial charge in [0.25, 0.3) is 0 Å². The molecule has 0 atom stereocenters. The Balaban J connectivity index is 1.67. The van der Waals surface area contributed by atoms with Gasteiger partial charge in [0.1, 0.15) is 5.82 Å². The Morgan fingerprint density at radius 3 is 2.28 bits per heavy atom. The van der Waals surface area contributed by atoms with Crippen molar-refractivity contribution in [2.24, 2.45) is 0 Å². The molecule has 0 bridgehead atoms. The second-order valence-corrected chi connectivity index (χ2v) is 7.96. The van der Waals surface area contributed by atoms with E-state index in [4.69, 9.17) is 28.9 Å². The van der Waals surface area contributed by atoms with Gasteiger partial charge in [-0.15, -0.1) is 11.6 Å². The number of hydrogen-bond donors (Lipinski definition) is 1. The summed E-state index contributed by atoms with van der Waals surface area (Å²) in [5.74, 6) is 0.143. The topological polar surface area (TPSA) is 33.1 Å². The minimum atomic E-state index is -0.283. The van der Waals surface area contributed by atoms with Gasteiger partial charge in [-0.2, -0.15) is 5.10 Å². The average molecular weight is 465 g/mol. The van der Waals surface area contributed by atoms with E-state index in [0.717, 1.165) is 28.2 Å². The van der Waals surface area contributed by atoms with Gasteiger partial charge in [0.2, 0.25) is 0 Å². The smallest absolute Gasteiger partial charge is 0.173 e. The summed E-state index contributed by atoms with van der Waals surface area (Å²) in [4.78, 5) is 2.01. The molecule has 1 N–H and O–H groups in total. The molecule has 0 radical (unpaired) electrons. The highest BCUT2D eigenvalue weighted by molar-refractivity contribution is 7.80. The number of thiocarbonyl (C=S) groups is 1. The molecule has 0 saturated carbocycles. The molecule has 0 amide bonds. The molecule has 3 aromatic carbocycles. The van der Waals surface area contributed by atoms with Crippen LogP contribution in [0.25, 0.3) is 16.9 Å². The first-order chi connectivity index (χ1) is 15.6. The number of rotatable bonds is 7. The van der Waals surface area contributed by atoms with Crippen molar-refractivity contribution >= 4 is 34.6 Å². The molecule has 32 heavy (non-hydrogen) atoms. The SMILES string of the molecule is Fc1ccc(-c2nn(-c3ccccc3)cc2CN(CCCl)C(=S)Nc2ccccc2)cc1. The van der Waals surface area contributed by atoms with Crippen molar-refractivity contribution in [2.45, 2.75) is 6.54 Å². The van der Waals surface area contributed by atoms with Crippen LogP contribution in [-0.2, 0) is 6.54 Å². The number of hydrogen-bond acceptors (Lipinski definition) is 2. The molecule has 0 unspecified atom stereocenters. The lowest BCUT2D eigenvalue weighted by atomic mass is 10.1. The molecule has 0 spiro atoms. The van der Waals surface area contributed by atoms with E-state index in [1.165, 1.54) is 12.1 Å². The normalized spacial score (nSPS) is 10.7. The van der Waals surface area contributed by atoms with Crippen molar-refractivity contribution in [1.82, 2.24) is 14.7 Å². The molecule has 1 heterocycles. The molecular formula is C25H22ClFN4S. The lowest BCUT2D eigenvalue weighted by Gasteiger charge is -2.25. The van der Waals surface area contributed by atoms with E-state index in [2.05, 4.69) is 5.32 Å². The Morgan fingerprint density at radius 2 is 1.62 bits per heavy atom. The van der Waals surface area contributed by atoms with Gasteiger partial charge >= 0.3 is 0 Å². The monoisotopic (exact) mass is 464 g/mol. The fourth-order valence-electron chi connectivity index (χ4n) is 3.37. The Hall–Kier alpha value is -3.22. The van der Waals surface area contributed by atoms with E-state index < -0.39 is 0 Å². The van der Waals surface area contributed by atoms with Crippen LogP contribution in [0.1, 0.15) is 5.56 Å². The van der Waals surface area contributed by atoms with Gasteiger partial charge in [0.15, 0.2) is 5.11 Å². The summed E-state index contributed by atoms with van der Waals surface area (Å²) in [5.41, 5.74) is 4.43. The number of halogens is 2. The minimum Gasteiger partial charge on any atom is -0.343 e. The van der Waals surface area contributed by atoms with E-state index in [0.29, 0.717) is 24.1 Å². The van der Waals surface area contributed by atoms with E-state index in [1.807, 2.05) is 76.4 Å². The molecule has 0 saturated heterocycles. The third kappa shape index (κ3) is 5.33. The van der Waals surface area contributed by atoms with Gasteiger partial charge in [-0.05, 0) is 60.7 Å². The van der Waals surface area contributed by atoms with E-state index in [9.17, 15) is 4.39 Å². The Kier molecular flexibility index (Phi) is 7.14. The molecule has 4 rings (SSSR count). The molecule has 0 fully saturated rings. The zero-order chi connectivity index (χ0) is 22.3. The molecule has 1 aromatic heterocycles. The minimum absolute atomic E-state index is 0.283. The zero-order valence-electron chi connectivity index (χ0n) is 17.3. The zero-order valence-corrected chi connectivity index (χ0v) is 18.9. The van der Waals surface area contributed by atoms with Crippen LogP contribution in [0.2, 0.25) is 0 Å². The Labute approximate surface area is 197 Å². The van der Waals surface area contributed by atoms with Crippen molar-refractivity contribution in [3.05, 3.63) is 103 Å². The van der Waals surface area contributed by atoms with Gasteiger partial charge in [0, 0.05) is 42.0 Å². The van der Waals surface area contributed by atoms with Crippen LogP contribution in [0, 0.1) is 5.82 Å². The second-order valence-electron chi connectivity index (χ2n) is 7.20. The molecule has 7 heteroatoms. The number of aromatic nitrogens is 2. The number of nitrogens with one attached hydrogen (secondary N) is 1. The van der Waals surface area contributed by atoms with Crippen molar-refractivity contribution in [2.75, 3.05) is 17.7 Å². The second kappa shape index (κ2) is 10.4. The van der Waals surface area contributed by atoms with Crippen molar-refractivity contribution < 1.29 is 4.39 Å². The van der Waals surface area contributed by atoms with Gasteiger partial charge in [-0.25, -0.2) is 9.07 Å². The number of anilines is 1. The van der Waals surface area contributed by atoms with Crippen LogP contribution >= 0.6 is 23.8 Å². The number of alkyl halides is 1. The fraction of sp³-hybridized carbons (Fsp3) is 0.120.